The molecule has 0 atom stereocenters. The van der Waals surface area contributed by atoms with E-state index >= 15 is 0 Å². The zero-order valence-electron chi connectivity index (χ0n) is 12.8. The van der Waals surface area contributed by atoms with Crippen molar-refractivity contribution in [1.82, 2.24) is 15.3 Å². The quantitative estimate of drug-likeness (QED) is 0.902. The number of nitrogens with zero attached hydrogens (tertiary/aromatic N) is 2. The molecule has 0 aliphatic carbocycles. The summed E-state index contributed by atoms with van der Waals surface area (Å²) in [6.07, 6.45) is 1.05. The van der Waals surface area contributed by atoms with Crippen LogP contribution in [-0.4, -0.2) is 16.0 Å². The Bertz CT molecular complexity index is 559. The summed E-state index contributed by atoms with van der Waals surface area (Å²) in [5, 5.41) is 3.40. The summed E-state index contributed by atoms with van der Waals surface area (Å²) in [6.45, 7) is 9.23. The van der Waals surface area contributed by atoms with Crippen LogP contribution in [0.5, 0.6) is 0 Å². The van der Waals surface area contributed by atoms with E-state index < -0.39 is 0 Å². The van der Waals surface area contributed by atoms with Gasteiger partial charge in [-0.2, -0.15) is 0 Å². The minimum Gasteiger partial charge on any atom is -0.309 e. The van der Waals surface area contributed by atoms with Gasteiger partial charge in [-0.1, -0.05) is 45.0 Å². The van der Waals surface area contributed by atoms with Gasteiger partial charge in [-0.15, -0.1) is 0 Å². The van der Waals surface area contributed by atoms with Gasteiger partial charge in [-0.25, -0.2) is 9.97 Å². The van der Waals surface area contributed by atoms with Crippen LogP contribution in [0.2, 0.25) is 0 Å². The van der Waals surface area contributed by atoms with Gasteiger partial charge in [0.15, 0.2) is 5.82 Å². The van der Waals surface area contributed by atoms with Crippen LogP contribution >= 0.6 is 0 Å². The molecule has 3 heteroatoms. The third kappa shape index (κ3) is 3.87. The predicted molar refractivity (Wildman–Crippen MR) is 83.6 cm³/mol. The van der Waals surface area contributed by atoms with Crippen molar-refractivity contribution in [3.05, 3.63) is 47.3 Å². The fraction of sp³-hybridized carbons (Fsp3) is 0.412. The summed E-state index contributed by atoms with van der Waals surface area (Å²) in [5.41, 5.74) is 4.47. The predicted octanol–water partition coefficient (Wildman–Crippen LogP) is 3.51. The molecule has 3 nitrogen and oxygen atoms in total. The summed E-state index contributed by atoms with van der Waals surface area (Å²) < 4.78 is 0. The van der Waals surface area contributed by atoms with E-state index in [0.717, 1.165) is 35.7 Å². The van der Waals surface area contributed by atoms with E-state index in [1.807, 2.05) is 13.0 Å². The molecule has 0 aliphatic rings. The van der Waals surface area contributed by atoms with Gasteiger partial charge in [0.2, 0.25) is 0 Å². The maximum absolute atomic E-state index is 4.66. The lowest BCUT2D eigenvalue weighted by Crippen LogP contribution is -2.22. The highest BCUT2D eigenvalue weighted by molar-refractivity contribution is 5.55. The largest absolute Gasteiger partial charge is 0.309 e. The Morgan fingerprint density at radius 3 is 2.40 bits per heavy atom. The zero-order valence-corrected chi connectivity index (χ0v) is 12.8. The van der Waals surface area contributed by atoms with Gasteiger partial charge in [0, 0.05) is 23.8 Å². The molecular weight excluding hydrogens is 246 g/mol. The number of hydrogen-bond donors (Lipinski definition) is 1. The second kappa shape index (κ2) is 6.62. The SMILES string of the molecule is CCc1ccc(-c2nc(C)cc(CNC(C)C)n2)cc1. The number of nitrogens with one attached hydrogen (secondary N) is 1. The lowest BCUT2D eigenvalue weighted by Gasteiger charge is -2.10. The number of hydrogen-bond acceptors (Lipinski definition) is 3. The molecule has 20 heavy (non-hydrogen) atoms. The Morgan fingerprint density at radius 2 is 1.80 bits per heavy atom. The molecule has 1 aromatic heterocycles. The van der Waals surface area contributed by atoms with Crippen LogP contribution in [-0.2, 0) is 13.0 Å². The normalized spacial score (nSPS) is 11.1. The van der Waals surface area contributed by atoms with Gasteiger partial charge in [-0.05, 0) is 25.0 Å². The van der Waals surface area contributed by atoms with E-state index in [2.05, 4.69) is 60.3 Å². The molecule has 0 amide bonds. The second-order valence-corrected chi connectivity index (χ2v) is 5.41. The molecule has 0 unspecified atom stereocenters. The summed E-state index contributed by atoms with van der Waals surface area (Å²) >= 11 is 0. The first-order chi connectivity index (χ1) is 9.58. The van der Waals surface area contributed by atoms with Gasteiger partial charge < -0.3 is 5.32 Å². The highest BCUT2D eigenvalue weighted by Crippen LogP contribution is 2.17. The van der Waals surface area contributed by atoms with Crippen molar-refractivity contribution in [3.8, 4) is 11.4 Å². The Morgan fingerprint density at radius 1 is 1.10 bits per heavy atom. The van der Waals surface area contributed by atoms with E-state index in [1.165, 1.54) is 5.56 Å². The van der Waals surface area contributed by atoms with Crippen molar-refractivity contribution in [3.63, 3.8) is 0 Å². The van der Waals surface area contributed by atoms with Gasteiger partial charge in [-0.3, -0.25) is 0 Å². The average molecular weight is 269 g/mol. The monoisotopic (exact) mass is 269 g/mol. The molecule has 0 saturated heterocycles. The molecular formula is C17H23N3. The van der Waals surface area contributed by atoms with Crippen LogP contribution in [0.1, 0.15) is 37.7 Å². The van der Waals surface area contributed by atoms with Crippen molar-refractivity contribution in [2.24, 2.45) is 0 Å². The number of aryl methyl sites for hydroxylation is 2. The first-order valence-corrected chi connectivity index (χ1v) is 7.25. The van der Waals surface area contributed by atoms with Crippen LogP contribution in [0.15, 0.2) is 30.3 Å². The van der Waals surface area contributed by atoms with Crippen LogP contribution in [0.25, 0.3) is 11.4 Å². The molecule has 2 rings (SSSR count). The summed E-state index contributed by atoms with van der Waals surface area (Å²) in [4.78, 5) is 9.21. The fourth-order valence-corrected chi connectivity index (χ4v) is 2.05. The van der Waals surface area contributed by atoms with Crippen molar-refractivity contribution in [2.45, 2.75) is 46.7 Å². The standard InChI is InChI=1S/C17H23N3/c1-5-14-6-8-15(9-7-14)17-19-13(4)10-16(20-17)11-18-12(2)3/h6-10,12,18H,5,11H2,1-4H3. The van der Waals surface area contributed by atoms with E-state index in [4.69, 9.17) is 0 Å². The van der Waals surface area contributed by atoms with Crippen molar-refractivity contribution in [1.29, 1.82) is 0 Å². The molecule has 0 saturated carbocycles. The maximum Gasteiger partial charge on any atom is 0.159 e. The van der Waals surface area contributed by atoms with Gasteiger partial charge >= 0.3 is 0 Å². The minimum absolute atomic E-state index is 0.456. The van der Waals surface area contributed by atoms with E-state index in [-0.39, 0.29) is 0 Å². The van der Waals surface area contributed by atoms with Crippen molar-refractivity contribution < 1.29 is 0 Å². The summed E-state index contributed by atoms with van der Waals surface area (Å²) in [5.74, 6) is 0.813. The zero-order chi connectivity index (χ0) is 14.5. The molecule has 106 valence electrons. The molecule has 1 N–H and O–H groups in total. The third-order valence-electron chi connectivity index (χ3n) is 3.22. The Balaban J connectivity index is 2.26. The summed E-state index contributed by atoms with van der Waals surface area (Å²) in [7, 11) is 0. The van der Waals surface area contributed by atoms with E-state index in [9.17, 15) is 0 Å². The lowest BCUT2D eigenvalue weighted by atomic mass is 10.1. The Hall–Kier alpha value is -1.74. The lowest BCUT2D eigenvalue weighted by molar-refractivity contribution is 0.580. The molecule has 0 radical (unpaired) electrons. The molecule has 1 aromatic carbocycles. The highest BCUT2D eigenvalue weighted by Gasteiger charge is 2.05. The van der Waals surface area contributed by atoms with Crippen LogP contribution < -0.4 is 5.32 Å². The number of rotatable bonds is 5. The number of benzene rings is 1. The maximum atomic E-state index is 4.66. The van der Waals surface area contributed by atoms with E-state index in [0.29, 0.717) is 6.04 Å². The molecule has 1 heterocycles. The highest BCUT2D eigenvalue weighted by atomic mass is 14.9. The van der Waals surface area contributed by atoms with Crippen LogP contribution in [0, 0.1) is 6.92 Å². The topological polar surface area (TPSA) is 37.8 Å². The average Bonchev–Trinajstić information content (AvgIpc) is 2.44. The van der Waals surface area contributed by atoms with Crippen LogP contribution in [0.3, 0.4) is 0 Å². The number of aromatic nitrogens is 2. The first kappa shape index (κ1) is 14.7. The van der Waals surface area contributed by atoms with Crippen molar-refractivity contribution >= 4 is 0 Å². The first-order valence-electron chi connectivity index (χ1n) is 7.25. The molecule has 0 aliphatic heterocycles. The third-order valence-corrected chi connectivity index (χ3v) is 3.22. The Labute approximate surface area is 121 Å². The summed E-state index contributed by atoms with van der Waals surface area (Å²) in [6, 6.07) is 11.0. The van der Waals surface area contributed by atoms with Gasteiger partial charge in [0.1, 0.15) is 0 Å². The Kier molecular flexibility index (Phi) is 4.85. The smallest absolute Gasteiger partial charge is 0.159 e. The van der Waals surface area contributed by atoms with Crippen molar-refractivity contribution in [2.75, 3.05) is 0 Å². The fourth-order valence-electron chi connectivity index (χ4n) is 2.05. The van der Waals surface area contributed by atoms with Crippen LogP contribution in [0.4, 0.5) is 0 Å². The molecule has 0 bridgehead atoms. The molecule has 0 spiro atoms. The van der Waals surface area contributed by atoms with Gasteiger partial charge in [0.05, 0.1) is 5.69 Å². The molecule has 0 fully saturated rings. The minimum atomic E-state index is 0.456. The van der Waals surface area contributed by atoms with Gasteiger partial charge in [0.25, 0.3) is 0 Å². The second-order valence-electron chi connectivity index (χ2n) is 5.41. The molecule has 2 aromatic rings. The van der Waals surface area contributed by atoms with E-state index in [1.54, 1.807) is 0 Å².